The second-order valence-electron chi connectivity index (χ2n) is 4.45. The van der Waals surface area contributed by atoms with Gasteiger partial charge in [-0.25, -0.2) is 4.98 Å². The van der Waals surface area contributed by atoms with Gasteiger partial charge in [-0.3, -0.25) is 0 Å². The predicted octanol–water partition coefficient (Wildman–Crippen LogP) is 3.83. The maximum atomic E-state index is 4.36. The maximum Gasteiger partial charge on any atom is 0.0960 e. The minimum Gasteiger partial charge on any atom is -0.309 e. The van der Waals surface area contributed by atoms with Gasteiger partial charge in [-0.15, -0.1) is 11.8 Å². The summed E-state index contributed by atoms with van der Waals surface area (Å²) in [7, 11) is 0. The van der Waals surface area contributed by atoms with Crippen molar-refractivity contribution in [2.75, 3.05) is 12.3 Å². The molecule has 1 N–H and O–H groups in total. The zero-order chi connectivity index (χ0) is 13.5. The van der Waals surface area contributed by atoms with E-state index in [4.69, 9.17) is 0 Å². The van der Waals surface area contributed by atoms with Gasteiger partial charge >= 0.3 is 0 Å². The number of rotatable bonds is 6. The summed E-state index contributed by atoms with van der Waals surface area (Å²) < 4.78 is 0. The van der Waals surface area contributed by atoms with E-state index in [-0.39, 0.29) is 0 Å². The first-order valence-electron chi connectivity index (χ1n) is 6.64. The van der Waals surface area contributed by atoms with Crippen molar-refractivity contribution in [3.8, 4) is 0 Å². The topological polar surface area (TPSA) is 24.9 Å². The van der Waals surface area contributed by atoms with Gasteiger partial charge in [0.1, 0.15) is 0 Å². The molecule has 1 unspecified atom stereocenters. The lowest BCUT2D eigenvalue weighted by Crippen LogP contribution is -2.23. The summed E-state index contributed by atoms with van der Waals surface area (Å²) in [5, 5.41) is 4.64. The molecule has 3 heteroatoms. The summed E-state index contributed by atoms with van der Waals surface area (Å²) >= 11 is 1.80. The van der Waals surface area contributed by atoms with Gasteiger partial charge in [-0.1, -0.05) is 37.3 Å². The molecule has 1 atom stereocenters. The average molecular weight is 272 g/mol. The molecule has 1 aromatic carbocycles. The third kappa shape index (κ3) is 4.08. The van der Waals surface area contributed by atoms with Crippen molar-refractivity contribution in [1.82, 2.24) is 10.3 Å². The van der Waals surface area contributed by atoms with Crippen LogP contribution < -0.4 is 5.32 Å². The predicted molar refractivity (Wildman–Crippen MR) is 82.6 cm³/mol. The van der Waals surface area contributed by atoms with E-state index in [2.05, 4.69) is 54.5 Å². The molecule has 2 rings (SSSR count). The Morgan fingerprint density at radius 1 is 1.16 bits per heavy atom. The number of nitrogens with one attached hydrogen (secondary N) is 1. The number of hydrogen-bond acceptors (Lipinski definition) is 3. The maximum absolute atomic E-state index is 4.36. The van der Waals surface area contributed by atoms with Crippen LogP contribution in [0.2, 0.25) is 0 Å². The number of thioether (sulfide) groups is 1. The molecule has 1 heterocycles. The highest BCUT2D eigenvalue weighted by atomic mass is 32.2. The molecule has 1 aromatic heterocycles. The molecular formula is C16H20N2S. The van der Waals surface area contributed by atoms with E-state index in [0.29, 0.717) is 6.04 Å². The second kappa shape index (κ2) is 7.31. The van der Waals surface area contributed by atoms with Crippen LogP contribution in [0.5, 0.6) is 0 Å². The van der Waals surface area contributed by atoms with Crippen molar-refractivity contribution >= 4 is 11.8 Å². The zero-order valence-corrected chi connectivity index (χ0v) is 12.3. The van der Waals surface area contributed by atoms with Crippen LogP contribution in [0.4, 0.5) is 0 Å². The third-order valence-electron chi connectivity index (χ3n) is 3.05. The lowest BCUT2D eigenvalue weighted by molar-refractivity contribution is 0.603. The molecule has 0 aliphatic carbocycles. The largest absolute Gasteiger partial charge is 0.309 e. The summed E-state index contributed by atoms with van der Waals surface area (Å²) in [5.74, 6) is 0.996. The molecule has 100 valence electrons. The standard InChI is InChI=1S/C16H20N2S/c1-3-17-15(14-9-5-4-8-13(14)2)12-19-16-10-6-7-11-18-16/h4-11,15,17H,3,12H2,1-2H3. The van der Waals surface area contributed by atoms with Crippen molar-refractivity contribution in [1.29, 1.82) is 0 Å². The Hall–Kier alpha value is -1.32. The highest BCUT2D eigenvalue weighted by molar-refractivity contribution is 7.99. The van der Waals surface area contributed by atoms with E-state index < -0.39 is 0 Å². The van der Waals surface area contributed by atoms with Crippen LogP contribution in [-0.4, -0.2) is 17.3 Å². The Morgan fingerprint density at radius 3 is 2.63 bits per heavy atom. The number of nitrogens with zero attached hydrogens (tertiary/aromatic N) is 1. The molecule has 0 aliphatic rings. The van der Waals surface area contributed by atoms with Crippen LogP contribution in [-0.2, 0) is 0 Å². The van der Waals surface area contributed by atoms with Crippen LogP contribution >= 0.6 is 11.8 Å². The van der Waals surface area contributed by atoms with Crippen molar-refractivity contribution in [2.24, 2.45) is 0 Å². The molecule has 0 radical (unpaired) electrons. The second-order valence-corrected chi connectivity index (χ2v) is 5.49. The minimum absolute atomic E-state index is 0.373. The van der Waals surface area contributed by atoms with E-state index in [9.17, 15) is 0 Å². The first-order chi connectivity index (χ1) is 9.31. The average Bonchev–Trinajstić information content (AvgIpc) is 2.45. The number of pyridine rings is 1. The Morgan fingerprint density at radius 2 is 1.95 bits per heavy atom. The van der Waals surface area contributed by atoms with Crippen LogP contribution in [0.25, 0.3) is 0 Å². The number of benzene rings is 1. The van der Waals surface area contributed by atoms with Crippen LogP contribution in [0.15, 0.2) is 53.7 Å². The molecule has 0 saturated heterocycles. The third-order valence-corrected chi connectivity index (χ3v) is 4.09. The number of aromatic nitrogens is 1. The SMILES string of the molecule is CCNC(CSc1ccccn1)c1ccccc1C. The molecule has 0 bridgehead atoms. The molecule has 0 spiro atoms. The van der Waals surface area contributed by atoms with Gasteiger partial charge < -0.3 is 5.32 Å². The van der Waals surface area contributed by atoms with Gasteiger partial charge in [0, 0.05) is 18.0 Å². The summed E-state index contributed by atoms with van der Waals surface area (Å²) in [4.78, 5) is 4.36. The van der Waals surface area contributed by atoms with Gasteiger partial charge in [-0.2, -0.15) is 0 Å². The fourth-order valence-corrected chi connectivity index (χ4v) is 3.03. The first kappa shape index (κ1) is 14.1. The Kier molecular flexibility index (Phi) is 5.43. The normalized spacial score (nSPS) is 12.3. The van der Waals surface area contributed by atoms with Crippen LogP contribution in [0.1, 0.15) is 24.1 Å². The number of hydrogen-bond donors (Lipinski definition) is 1. The summed E-state index contributed by atoms with van der Waals surface area (Å²) in [6, 6.07) is 15.0. The van der Waals surface area contributed by atoms with Crippen LogP contribution in [0.3, 0.4) is 0 Å². The monoisotopic (exact) mass is 272 g/mol. The van der Waals surface area contributed by atoms with Crippen molar-refractivity contribution in [2.45, 2.75) is 24.9 Å². The molecule has 0 saturated carbocycles. The van der Waals surface area contributed by atoms with E-state index in [1.807, 2.05) is 18.3 Å². The van der Waals surface area contributed by atoms with Crippen LogP contribution in [0, 0.1) is 6.92 Å². The molecule has 0 aliphatic heterocycles. The highest BCUT2D eigenvalue weighted by Gasteiger charge is 2.12. The summed E-state index contributed by atoms with van der Waals surface area (Å²) in [5.41, 5.74) is 2.72. The van der Waals surface area contributed by atoms with Gasteiger partial charge in [0.15, 0.2) is 0 Å². The zero-order valence-electron chi connectivity index (χ0n) is 11.5. The summed E-state index contributed by atoms with van der Waals surface area (Å²) in [6.45, 7) is 5.30. The lowest BCUT2D eigenvalue weighted by Gasteiger charge is -2.19. The molecule has 2 nitrogen and oxygen atoms in total. The van der Waals surface area contributed by atoms with Gasteiger partial charge in [0.2, 0.25) is 0 Å². The molecule has 2 aromatic rings. The van der Waals surface area contributed by atoms with E-state index in [1.54, 1.807) is 11.8 Å². The van der Waals surface area contributed by atoms with Gasteiger partial charge in [0.05, 0.1) is 5.03 Å². The fourth-order valence-electron chi connectivity index (χ4n) is 2.08. The summed E-state index contributed by atoms with van der Waals surface area (Å²) in [6.07, 6.45) is 1.85. The van der Waals surface area contributed by atoms with Crippen molar-refractivity contribution in [3.63, 3.8) is 0 Å². The fraction of sp³-hybridized carbons (Fsp3) is 0.312. The first-order valence-corrected chi connectivity index (χ1v) is 7.62. The smallest absolute Gasteiger partial charge is 0.0960 e. The Bertz CT molecular complexity index is 499. The highest BCUT2D eigenvalue weighted by Crippen LogP contribution is 2.25. The van der Waals surface area contributed by atoms with Crippen molar-refractivity contribution < 1.29 is 0 Å². The van der Waals surface area contributed by atoms with E-state index >= 15 is 0 Å². The van der Waals surface area contributed by atoms with E-state index in [1.165, 1.54) is 11.1 Å². The van der Waals surface area contributed by atoms with E-state index in [0.717, 1.165) is 17.3 Å². The molecular weight excluding hydrogens is 252 g/mol. The number of aryl methyl sites for hydroxylation is 1. The quantitative estimate of drug-likeness (QED) is 0.809. The Balaban J connectivity index is 2.07. The molecule has 19 heavy (non-hydrogen) atoms. The lowest BCUT2D eigenvalue weighted by atomic mass is 10.0. The molecule has 0 amide bonds. The minimum atomic E-state index is 0.373. The van der Waals surface area contributed by atoms with Gasteiger partial charge in [-0.05, 0) is 36.7 Å². The Labute approximate surface area is 119 Å². The van der Waals surface area contributed by atoms with Gasteiger partial charge in [0.25, 0.3) is 0 Å². The van der Waals surface area contributed by atoms with Crippen molar-refractivity contribution in [3.05, 3.63) is 59.8 Å². The molecule has 0 fully saturated rings.